The van der Waals surface area contributed by atoms with E-state index in [0.29, 0.717) is 17.7 Å². The number of carbonyl (C=O) groups is 1. The van der Waals surface area contributed by atoms with Crippen LogP contribution in [0, 0.1) is 11.8 Å². The van der Waals surface area contributed by atoms with E-state index in [1.54, 1.807) is 0 Å². The first-order valence-corrected chi connectivity index (χ1v) is 5.60. The van der Waals surface area contributed by atoms with Gasteiger partial charge in [-0.2, -0.15) is 26.3 Å². The van der Waals surface area contributed by atoms with Gasteiger partial charge in [-0.25, -0.2) is 0 Å². The molecule has 2 aliphatic rings. The Morgan fingerprint density at radius 3 is 1.84 bits per heavy atom. The minimum Gasteiger partial charge on any atom is -0.386 e. The van der Waals surface area contributed by atoms with Gasteiger partial charge in [0.1, 0.15) is 5.60 Å². The molecule has 0 radical (unpaired) electrons. The third kappa shape index (κ3) is 2.65. The summed E-state index contributed by atoms with van der Waals surface area (Å²) in [6.07, 6.45) is -9.99. The van der Waals surface area contributed by atoms with Gasteiger partial charge in [-0.15, -0.1) is 0 Å². The smallest absolute Gasteiger partial charge is 0.386 e. The van der Waals surface area contributed by atoms with Crippen molar-refractivity contribution in [2.75, 3.05) is 13.1 Å². The molecule has 2 fully saturated rings. The largest absolute Gasteiger partial charge is 0.409 e. The summed E-state index contributed by atoms with van der Waals surface area (Å²) in [5.41, 5.74) is -1.31. The van der Waals surface area contributed by atoms with Crippen LogP contribution in [0.5, 0.6) is 0 Å². The van der Waals surface area contributed by atoms with Gasteiger partial charge < -0.3 is 10.0 Å². The van der Waals surface area contributed by atoms with Gasteiger partial charge in [0.15, 0.2) is 0 Å². The summed E-state index contributed by atoms with van der Waals surface area (Å²) in [7, 11) is 0. The van der Waals surface area contributed by atoms with Crippen molar-refractivity contribution in [3.8, 4) is 0 Å². The van der Waals surface area contributed by atoms with Crippen molar-refractivity contribution in [1.29, 1.82) is 0 Å². The Bertz CT molecular complexity index is 366. The highest BCUT2D eigenvalue weighted by Gasteiger charge is 2.64. The maximum absolute atomic E-state index is 12.3. The van der Waals surface area contributed by atoms with Crippen LogP contribution >= 0.6 is 0 Å². The number of β-amino-alcohol motifs (C(OH)–C–C–N with tert-alkyl or cyclic N) is 1. The van der Waals surface area contributed by atoms with Crippen molar-refractivity contribution >= 4 is 5.91 Å². The van der Waals surface area contributed by atoms with Gasteiger partial charge in [-0.3, -0.25) is 4.79 Å². The second-order valence-electron chi connectivity index (χ2n) is 5.09. The zero-order chi connectivity index (χ0) is 14.6. The van der Waals surface area contributed by atoms with Gasteiger partial charge >= 0.3 is 12.4 Å². The highest BCUT2D eigenvalue weighted by Crippen LogP contribution is 2.47. The summed E-state index contributed by atoms with van der Waals surface area (Å²) < 4.78 is 73.9. The normalized spacial score (nSPS) is 23.5. The minimum absolute atomic E-state index is 0.119. The van der Waals surface area contributed by atoms with E-state index < -0.39 is 42.9 Å². The molecular weight excluding hydrogens is 280 g/mol. The maximum atomic E-state index is 12.3. The molecule has 0 aromatic rings. The monoisotopic (exact) mass is 291 g/mol. The third-order valence-electron chi connectivity index (χ3n) is 3.48. The number of aliphatic hydroxyl groups is 1. The number of halogens is 6. The number of carbonyl (C=O) groups excluding carboxylic acids is 1. The van der Waals surface area contributed by atoms with E-state index >= 15 is 0 Å². The lowest BCUT2D eigenvalue weighted by molar-refractivity contribution is -0.281. The average molecular weight is 291 g/mol. The molecule has 1 N–H and O–H groups in total. The lowest BCUT2D eigenvalue weighted by Gasteiger charge is -2.48. The van der Waals surface area contributed by atoms with Gasteiger partial charge in [0.25, 0.3) is 0 Å². The van der Waals surface area contributed by atoms with Gasteiger partial charge in [0, 0.05) is 0 Å². The molecular formula is C10H11F6NO2. The Morgan fingerprint density at radius 2 is 1.53 bits per heavy atom. The molecule has 0 unspecified atom stereocenters. The summed E-state index contributed by atoms with van der Waals surface area (Å²) in [6, 6.07) is 0. The molecule has 1 aliphatic heterocycles. The summed E-state index contributed by atoms with van der Waals surface area (Å²) in [5, 5.41) is 9.80. The summed E-state index contributed by atoms with van der Waals surface area (Å²) in [5.74, 6) is -6.17. The molecule has 0 spiro atoms. The lowest BCUT2D eigenvalue weighted by Crippen LogP contribution is -2.67. The number of hydrogen-bond donors (Lipinski definition) is 1. The Hall–Kier alpha value is -0.990. The van der Waals surface area contributed by atoms with E-state index in [1.165, 1.54) is 0 Å². The molecule has 0 aromatic carbocycles. The lowest BCUT2D eigenvalue weighted by atomic mass is 9.87. The molecule has 2 rings (SSSR count). The van der Waals surface area contributed by atoms with Crippen LogP contribution in [-0.2, 0) is 4.79 Å². The van der Waals surface area contributed by atoms with Crippen LogP contribution in [-0.4, -0.2) is 47.0 Å². The quantitative estimate of drug-likeness (QED) is 0.787. The van der Waals surface area contributed by atoms with Crippen LogP contribution in [0.2, 0.25) is 0 Å². The van der Waals surface area contributed by atoms with Gasteiger partial charge in [-0.05, 0) is 18.8 Å². The van der Waals surface area contributed by atoms with Crippen molar-refractivity contribution < 1.29 is 36.2 Å². The fourth-order valence-electron chi connectivity index (χ4n) is 2.30. The molecule has 9 heteroatoms. The zero-order valence-corrected chi connectivity index (χ0v) is 9.55. The van der Waals surface area contributed by atoms with Crippen LogP contribution in [0.25, 0.3) is 0 Å². The predicted octanol–water partition coefficient (Wildman–Crippen LogP) is 1.71. The van der Waals surface area contributed by atoms with Crippen LogP contribution < -0.4 is 0 Å². The fourth-order valence-corrected chi connectivity index (χ4v) is 2.30. The second kappa shape index (κ2) is 4.00. The molecule has 19 heavy (non-hydrogen) atoms. The Morgan fingerprint density at radius 1 is 1.11 bits per heavy atom. The maximum Gasteiger partial charge on any atom is 0.409 e. The standard InChI is InChI=1S/C10H11F6NO2/c11-9(12,13)6(10(14,15)16)7(18)17-3-8(19,4-17)5-1-2-5/h5-6,19H,1-4H2. The molecule has 0 aromatic heterocycles. The molecule has 1 aliphatic carbocycles. The molecule has 3 nitrogen and oxygen atoms in total. The van der Waals surface area contributed by atoms with E-state index in [4.69, 9.17) is 0 Å². The number of alkyl halides is 6. The molecule has 110 valence electrons. The summed E-state index contributed by atoms with van der Waals surface area (Å²) in [6.45, 7) is -0.918. The molecule has 0 bridgehead atoms. The molecule has 1 amide bonds. The van der Waals surface area contributed by atoms with Crippen molar-refractivity contribution in [3.05, 3.63) is 0 Å². The SMILES string of the molecule is O=C(C(C(F)(F)F)C(F)(F)F)N1CC(O)(C2CC2)C1. The number of amides is 1. The van der Waals surface area contributed by atoms with Crippen LogP contribution in [0.4, 0.5) is 26.3 Å². The van der Waals surface area contributed by atoms with Crippen molar-refractivity contribution in [1.82, 2.24) is 4.90 Å². The summed E-state index contributed by atoms with van der Waals surface area (Å²) in [4.78, 5) is 11.7. The third-order valence-corrected chi connectivity index (χ3v) is 3.48. The Kier molecular flexibility index (Phi) is 3.04. The van der Waals surface area contributed by atoms with Gasteiger partial charge in [-0.1, -0.05) is 0 Å². The van der Waals surface area contributed by atoms with Crippen molar-refractivity contribution in [3.63, 3.8) is 0 Å². The van der Waals surface area contributed by atoms with E-state index in [9.17, 15) is 36.2 Å². The summed E-state index contributed by atoms with van der Waals surface area (Å²) >= 11 is 0. The van der Waals surface area contributed by atoms with Crippen LogP contribution in [0.1, 0.15) is 12.8 Å². The van der Waals surface area contributed by atoms with Crippen LogP contribution in [0.15, 0.2) is 0 Å². The second-order valence-corrected chi connectivity index (χ2v) is 5.09. The first-order valence-electron chi connectivity index (χ1n) is 5.60. The van der Waals surface area contributed by atoms with Crippen LogP contribution in [0.3, 0.4) is 0 Å². The number of nitrogens with zero attached hydrogens (tertiary/aromatic N) is 1. The highest BCUT2D eigenvalue weighted by atomic mass is 19.4. The van der Waals surface area contributed by atoms with Gasteiger partial charge in [0.2, 0.25) is 11.8 Å². The molecule has 0 atom stereocenters. The topological polar surface area (TPSA) is 40.5 Å². The number of hydrogen-bond acceptors (Lipinski definition) is 2. The zero-order valence-electron chi connectivity index (χ0n) is 9.55. The fraction of sp³-hybridized carbons (Fsp3) is 0.900. The predicted molar refractivity (Wildman–Crippen MR) is 49.9 cm³/mol. The molecule has 1 saturated carbocycles. The number of likely N-dealkylation sites (tertiary alicyclic amines) is 1. The highest BCUT2D eigenvalue weighted by molar-refractivity contribution is 5.81. The van der Waals surface area contributed by atoms with E-state index in [2.05, 4.69) is 0 Å². The average Bonchev–Trinajstić information content (AvgIpc) is 2.90. The van der Waals surface area contributed by atoms with E-state index in [1.807, 2.05) is 0 Å². The molecule has 1 saturated heterocycles. The minimum atomic E-state index is -5.68. The van der Waals surface area contributed by atoms with Crippen molar-refractivity contribution in [2.45, 2.75) is 30.8 Å². The molecule has 1 heterocycles. The Balaban J connectivity index is 2.06. The first kappa shape index (κ1) is 14.4. The van der Waals surface area contributed by atoms with Gasteiger partial charge in [0.05, 0.1) is 13.1 Å². The number of rotatable bonds is 2. The van der Waals surface area contributed by atoms with E-state index in [0.717, 1.165) is 0 Å². The first-order chi connectivity index (χ1) is 8.45. The van der Waals surface area contributed by atoms with Crippen molar-refractivity contribution in [2.24, 2.45) is 11.8 Å². The van der Waals surface area contributed by atoms with E-state index in [-0.39, 0.29) is 5.92 Å². The Labute approximate surface area is 104 Å².